The first-order chi connectivity index (χ1) is 5.08. The highest BCUT2D eigenvalue weighted by molar-refractivity contribution is 6.70. The molecule has 0 aliphatic heterocycles. The molecule has 0 radical (unpaired) electrons. The molecule has 0 spiro atoms. The minimum Gasteiger partial charge on any atom is -0.547 e. The summed E-state index contributed by atoms with van der Waals surface area (Å²) in [5.41, 5.74) is 3.01. The smallest absolute Gasteiger partial charge is 0.241 e. The normalized spacial score (nSPS) is 16.5. The maximum absolute atomic E-state index is 5.78. The summed E-state index contributed by atoms with van der Waals surface area (Å²) in [4.78, 5) is 0. The summed E-state index contributed by atoms with van der Waals surface area (Å²) in [6, 6.07) is 0. The Kier molecular flexibility index (Phi) is 2.37. The molecule has 1 nitrogen and oxygen atoms in total. The van der Waals surface area contributed by atoms with Gasteiger partial charge < -0.3 is 4.43 Å². The topological polar surface area (TPSA) is 9.23 Å². The zero-order valence-electron chi connectivity index (χ0n) is 7.35. The van der Waals surface area contributed by atoms with Gasteiger partial charge in [-0.05, 0) is 37.9 Å². The lowest BCUT2D eigenvalue weighted by Gasteiger charge is -2.21. The minimum absolute atomic E-state index is 0.904. The third-order valence-electron chi connectivity index (χ3n) is 1.22. The molecule has 0 fully saturated rings. The Balaban J connectivity index is 2.53. The SMILES string of the molecule is C[Si](C)(C)OC1=CC=C=CC1. The van der Waals surface area contributed by atoms with E-state index < -0.39 is 8.32 Å². The van der Waals surface area contributed by atoms with E-state index in [1.807, 2.05) is 18.2 Å². The standard InChI is InChI=1S/C9H14OSi/c1-11(2,3)10-9-7-5-4-6-8-9/h5-7H,8H2,1-3H3. The van der Waals surface area contributed by atoms with E-state index >= 15 is 0 Å². The molecule has 0 heterocycles. The zero-order chi connectivity index (χ0) is 8.32. The quantitative estimate of drug-likeness (QED) is 0.453. The minimum atomic E-state index is -1.38. The average Bonchev–Trinajstić information content (AvgIpc) is 1.85. The Morgan fingerprint density at radius 3 is 2.64 bits per heavy atom. The van der Waals surface area contributed by atoms with Crippen LogP contribution < -0.4 is 0 Å². The lowest BCUT2D eigenvalue weighted by molar-refractivity contribution is 0.411. The summed E-state index contributed by atoms with van der Waals surface area (Å²) < 4.78 is 5.78. The maximum atomic E-state index is 5.78. The highest BCUT2D eigenvalue weighted by Gasteiger charge is 2.16. The number of rotatable bonds is 2. The third kappa shape index (κ3) is 3.26. The molecule has 1 rings (SSSR count). The molecule has 0 bridgehead atoms. The molecule has 0 aromatic heterocycles. The van der Waals surface area contributed by atoms with Crippen molar-refractivity contribution in [2.45, 2.75) is 26.1 Å². The van der Waals surface area contributed by atoms with Crippen LogP contribution in [0, 0.1) is 0 Å². The molecule has 1 aliphatic carbocycles. The second kappa shape index (κ2) is 3.12. The van der Waals surface area contributed by atoms with Crippen LogP contribution in [0.5, 0.6) is 0 Å². The third-order valence-corrected chi connectivity index (χ3v) is 2.10. The second-order valence-electron chi connectivity index (χ2n) is 3.59. The summed E-state index contributed by atoms with van der Waals surface area (Å²) in [6.07, 6.45) is 6.80. The van der Waals surface area contributed by atoms with E-state index in [-0.39, 0.29) is 0 Å². The largest absolute Gasteiger partial charge is 0.547 e. The number of hydrogen-bond acceptors (Lipinski definition) is 1. The van der Waals surface area contributed by atoms with Crippen LogP contribution in [0.1, 0.15) is 6.42 Å². The van der Waals surface area contributed by atoms with E-state index in [4.69, 9.17) is 4.43 Å². The fourth-order valence-electron chi connectivity index (χ4n) is 0.906. The first-order valence-corrected chi connectivity index (χ1v) is 7.28. The molecule has 0 aromatic carbocycles. The molecule has 0 N–H and O–H groups in total. The van der Waals surface area contributed by atoms with Crippen LogP contribution in [0.3, 0.4) is 0 Å². The zero-order valence-corrected chi connectivity index (χ0v) is 8.35. The van der Waals surface area contributed by atoms with Crippen molar-refractivity contribution in [1.29, 1.82) is 0 Å². The lowest BCUT2D eigenvalue weighted by Crippen LogP contribution is -2.24. The van der Waals surface area contributed by atoms with E-state index in [2.05, 4.69) is 25.4 Å². The Labute approximate surface area is 69.2 Å². The Hall–Kier alpha value is -0.723. The highest BCUT2D eigenvalue weighted by atomic mass is 28.4. The molecule has 0 saturated carbocycles. The van der Waals surface area contributed by atoms with Gasteiger partial charge in [0.15, 0.2) is 0 Å². The Morgan fingerprint density at radius 1 is 1.45 bits per heavy atom. The molecule has 0 amide bonds. The molecule has 0 atom stereocenters. The molecule has 0 unspecified atom stereocenters. The van der Waals surface area contributed by atoms with Gasteiger partial charge in [-0.15, -0.1) is 5.73 Å². The Bertz CT molecular complexity index is 226. The summed E-state index contributed by atoms with van der Waals surface area (Å²) in [6.45, 7) is 6.57. The van der Waals surface area contributed by atoms with Crippen molar-refractivity contribution in [2.75, 3.05) is 0 Å². The van der Waals surface area contributed by atoms with E-state index in [1.165, 1.54) is 0 Å². The van der Waals surface area contributed by atoms with Crippen molar-refractivity contribution in [3.05, 3.63) is 29.7 Å². The van der Waals surface area contributed by atoms with Crippen LogP contribution in [0.2, 0.25) is 19.6 Å². The van der Waals surface area contributed by atoms with Gasteiger partial charge in [0.25, 0.3) is 0 Å². The summed E-state index contributed by atoms with van der Waals surface area (Å²) in [5.74, 6) is 1.09. The lowest BCUT2D eigenvalue weighted by atomic mass is 10.2. The molecular weight excluding hydrogens is 152 g/mol. The summed E-state index contributed by atoms with van der Waals surface area (Å²) in [7, 11) is -1.38. The Morgan fingerprint density at radius 2 is 2.18 bits per heavy atom. The maximum Gasteiger partial charge on any atom is 0.241 e. The first-order valence-electron chi connectivity index (χ1n) is 3.87. The molecule has 60 valence electrons. The van der Waals surface area contributed by atoms with E-state index in [0.717, 1.165) is 12.2 Å². The number of hydrogen-bond donors (Lipinski definition) is 0. The van der Waals surface area contributed by atoms with Crippen molar-refractivity contribution in [1.82, 2.24) is 0 Å². The van der Waals surface area contributed by atoms with Gasteiger partial charge in [-0.1, -0.05) is 0 Å². The molecule has 0 aromatic rings. The average molecular weight is 166 g/mol. The van der Waals surface area contributed by atoms with Crippen LogP contribution in [-0.4, -0.2) is 8.32 Å². The van der Waals surface area contributed by atoms with Crippen molar-refractivity contribution >= 4 is 8.32 Å². The van der Waals surface area contributed by atoms with Crippen LogP contribution in [-0.2, 0) is 4.43 Å². The van der Waals surface area contributed by atoms with E-state index in [0.29, 0.717) is 0 Å². The van der Waals surface area contributed by atoms with Gasteiger partial charge >= 0.3 is 0 Å². The van der Waals surface area contributed by atoms with Gasteiger partial charge in [-0.3, -0.25) is 0 Å². The van der Waals surface area contributed by atoms with Gasteiger partial charge in [0.05, 0.1) is 5.76 Å². The van der Waals surface area contributed by atoms with Crippen molar-refractivity contribution in [2.24, 2.45) is 0 Å². The van der Waals surface area contributed by atoms with Crippen molar-refractivity contribution in [3.63, 3.8) is 0 Å². The molecule has 1 aliphatic rings. The summed E-state index contributed by atoms with van der Waals surface area (Å²) >= 11 is 0. The second-order valence-corrected chi connectivity index (χ2v) is 8.02. The van der Waals surface area contributed by atoms with Crippen LogP contribution in [0.4, 0.5) is 0 Å². The first kappa shape index (κ1) is 8.37. The van der Waals surface area contributed by atoms with Crippen molar-refractivity contribution < 1.29 is 4.43 Å². The van der Waals surface area contributed by atoms with Gasteiger partial charge in [-0.25, -0.2) is 0 Å². The van der Waals surface area contributed by atoms with E-state index in [9.17, 15) is 0 Å². The number of allylic oxidation sites excluding steroid dienone is 2. The van der Waals surface area contributed by atoms with Crippen molar-refractivity contribution in [3.8, 4) is 0 Å². The fraction of sp³-hybridized carbons (Fsp3) is 0.444. The van der Waals surface area contributed by atoms with Gasteiger partial charge in [0, 0.05) is 6.42 Å². The molecule has 0 saturated heterocycles. The predicted octanol–water partition coefficient (Wildman–Crippen LogP) is 2.84. The van der Waals surface area contributed by atoms with Gasteiger partial charge in [0.2, 0.25) is 8.32 Å². The molecular formula is C9H14OSi. The molecule has 11 heavy (non-hydrogen) atoms. The van der Waals surface area contributed by atoms with Crippen LogP contribution in [0.15, 0.2) is 29.7 Å². The fourth-order valence-corrected chi connectivity index (χ4v) is 1.84. The van der Waals surface area contributed by atoms with Crippen LogP contribution >= 0.6 is 0 Å². The summed E-state index contributed by atoms with van der Waals surface area (Å²) in [5, 5.41) is 0. The van der Waals surface area contributed by atoms with E-state index in [1.54, 1.807) is 0 Å². The molecule has 2 heteroatoms. The predicted molar refractivity (Wildman–Crippen MR) is 49.8 cm³/mol. The van der Waals surface area contributed by atoms with Gasteiger partial charge in [0.1, 0.15) is 0 Å². The van der Waals surface area contributed by atoms with Crippen LogP contribution in [0.25, 0.3) is 0 Å². The monoisotopic (exact) mass is 166 g/mol. The highest BCUT2D eigenvalue weighted by Crippen LogP contribution is 2.15. The van der Waals surface area contributed by atoms with Gasteiger partial charge in [-0.2, -0.15) is 0 Å².